The summed E-state index contributed by atoms with van der Waals surface area (Å²) in [5.74, 6) is 0.300. The van der Waals surface area contributed by atoms with Crippen molar-refractivity contribution in [2.45, 2.75) is 23.0 Å². The van der Waals surface area contributed by atoms with Crippen molar-refractivity contribution in [3.63, 3.8) is 0 Å². The van der Waals surface area contributed by atoms with E-state index in [0.29, 0.717) is 59.4 Å². The number of methoxy groups -OCH3 is 1. The minimum Gasteiger partial charge on any atom is -0.495 e. The first kappa shape index (κ1) is 20.7. The first-order valence-corrected chi connectivity index (χ1v) is 11.7. The van der Waals surface area contributed by atoms with Gasteiger partial charge in [0.25, 0.3) is 0 Å². The van der Waals surface area contributed by atoms with E-state index in [9.17, 15) is 12.8 Å². The normalized spacial score (nSPS) is 15.3. The molecule has 2 N–H and O–H groups in total. The monoisotopic (exact) mass is 456 g/mol. The third kappa shape index (κ3) is 3.55. The van der Waals surface area contributed by atoms with Gasteiger partial charge in [-0.2, -0.15) is 5.10 Å². The van der Waals surface area contributed by atoms with E-state index in [0.717, 1.165) is 0 Å². The van der Waals surface area contributed by atoms with Crippen LogP contribution in [-0.2, 0) is 14.6 Å². The molecule has 0 spiro atoms. The van der Waals surface area contributed by atoms with E-state index in [2.05, 4.69) is 20.5 Å². The van der Waals surface area contributed by atoms with Crippen molar-refractivity contribution in [1.29, 1.82) is 0 Å². The zero-order valence-corrected chi connectivity index (χ0v) is 18.1. The molecule has 2 aromatic heterocycles. The number of fused-ring (bicyclic) bond motifs is 2. The Kier molecular flexibility index (Phi) is 5.18. The highest BCUT2D eigenvalue weighted by atomic mass is 32.2. The van der Waals surface area contributed by atoms with Gasteiger partial charge in [-0.1, -0.05) is 0 Å². The summed E-state index contributed by atoms with van der Waals surface area (Å²) in [5, 5.41) is 10.9. The number of hydrogen-bond donors (Lipinski definition) is 2. The minimum absolute atomic E-state index is 0.119. The lowest BCUT2D eigenvalue weighted by molar-refractivity contribution is 0.0983. The number of hydrogen-bond acceptors (Lipinski definition) is 7. The molecule has 0 bridgehead atoms. The number of H-pyrrole nitrogens is 1. The molecule has 1 saturated heterocycles. The maximum absolute atomic E-state index is 13.8. The summed E-state index contributed by atoms with van der Waals surface area (Å²) in [6.45, 7) is 0.827. The van der Waals surface area contributed by atoms with Crippen LogP contribution in [0.15, 0.2) is 47.5 Å². The number of nitrogens with zero attached hydrogens (tertiary/aromatic N) is 2. The highest BCUT2D eigenvalue weighted by Crippen LogP contribution is 2.37. The van der Waals surface area contributed by atoms with Gasteiger partial charge in [0, 0.05) is 36.2 Å². The smallest absolute Gasteiger partial charge is 0.185 e. The van der Waals surface area contributed by atoms with Crippen LogP contribution in [0.2, 0.25) is 0 Å². The molecule has 3 heterocycles. The number of ether oxygens (including phenoxy) is 2. The molecule has 10 heteroatoms. The molecule has 0 atom stereocenters. The van der Waals surface area contributed by atoms with Crippen LogP contribution < -0.4 is 10.1 Å². The molecule has 2 aromatic carbocycles. The predicted molar refractivity (Wildman–Crippen MR) is 119 cm³/mol. The van der Waals surface area contributed by atoms with Gasteiger partial charge in [0.05, 0.1) is 29.1 Å². The molecule has 0 saturated carbocycles. The first-order valence-electron chi connectivity index (χ1n) is 10.2. The SMILES string of the molecule is COc1cc2nccc(Nc3n[nH]c4ccc(F)cc34)c2cc1S(=O)(=O)C1CCOCC1. The topological polar surface area (TPSA) is 106 Å². The van der Waals surface area contributed by atoms with Crippen LogP contribution in [0.5, 0.6) is 5.75 Å². The van der Waals surface area contributed by atoms with Crippen molar-refractivity contribution in [2.24, 2.45) is 0 Å². The lowest BCUT2D eigenvalue weighted by atomic mass is 10.1. The highest BCUT2D eigenvalue weighted by molar-refractivity contribution is 7.92. The zero-order valence-electron chi connectivity index (χ0n) is 17.3. The summed E-state index contributed by atoms with van der Waals surface area (Å²) in [6, 6.07) is 9.27. The fraction of sp³-hybridized carbons (Fsp3) is 0.273. The van der Waals surface area contributed by atoms with E-state index < -0.39 is 15.1 Å². The number of halogens is 1. The van der Waals surface area contributed by atoms with Gasteiger partial charge in [0.1, 0.15) is 16.5 Å². The lowest BCUT2D eigenvalue weighted by Crippen LogP contribution is -2.29. The molecule has 4 aromatic rings. The van der Waals surface area contributed by atoms with Crippen molar-refractivity contribution >= 4 is 43.1 Å². The Bertz CT molecular complexity index is 1410. The quantitative estimate of drug-likeness (QED) is 0.468. The number of aromatic nitrogens is 3. The second-order valence-electron chi connectivity index (χ2n) is 7.62. The molecule has 166 valence electrons. The van der Waals surface area contributed by atoms with Crippen molar-refractivity contribution in [3.8, 4) is 5.75 Å². The van der Waals surface area contributed by atoms with E-state index in [1.165, 1.54) is 19.2 Å². The molecule has 0 radical (unpaired) electrons. The van der Waals surface area contributed by atoms with Crippen molar-refractivity contribution in [3.05, 3.63) is 48.4 Å². The molecule has 1 fully saturated rings. The van der Waals surface area contributed by atoms with Gasteiger partial charge in [-0.15, -0.1) is 0 Å². The highest BCUT2D eigenvalue weighted by Gasteiger charge is 2.32. The van der Waals surface area contributed by atoms with E-state index >= 15 is 0 Å². The van der Waals surface area contributed by atoms with Crippen molar-refractivity contribution < 1.29 is 22.3 Å². The van der Waals surface area contributed by atoms with E-state index in [1.54, 1.807) is 30.5 Å². The maximum Gasteiger partial charge on any atom is 0.185 e. The average molecular weight is 456 g/mol. The van der Waals surface area contributed by atoms with Gasteiger partial charge in [-0.25, -0.2) is 12.8 Å². The third-order valence-corrected chi connectivity index (χ3v) is 8.00. The fourth-order valence-electron chi connectivity index (χ4n) is 4.02. The molecule has 1 aliphatic heterocycles. The Hall–Kier alpha value is -3.24. The van der Waals surface area contributed by atoms with Crippen LogP contribution >= 0.6 is 0 Å². The number of nitrogens with one attached hydrogen (secondary N) is 2. The average Bonchev–Trinajstić information content (AvgIpc) is 3.20. The summed E-state index contributed by atoms with van der Waals surface area (Å²) in [7, 11) is -2.21. The molecular weight excluding hydrogens is 435 g/mol. The van der Waals surface area contributed by atoms with E-state index in [1.807, 2.05) is 0 Å². The molecule has 8 nitrogen and oxygen atoms in total. The number of anilines is 2. The minimum atomic E-state index is -3.65. The number of sulfone groups is 1. The maximum atomic E-state index is 13.8. The molecule has 32 heavy (non-hydrogen) atoms. The first-order chi connectivity index (χ1) is 15.5. The zero-order chi connectivity index (χ0) is 22.3. The number of pyridine rings is 1. The second-order valence-corrected chi connectivity index (χ2v) is 9.82. The number of benzene rings is 2. The second kappa shape index (κ2) is 8.03. The Morgan fingerprint density at radius 2 is 1.97 bits per heavy atom. The van der Waals surface area contributed by atoms with E-state index in [4.69, 9.17) is 9.47 Å². The van der Waals surface area contributed by atoms with Gasteiger partial charge >= 0.3 is 0 Å². The van der Waals surface area contributed by atoms with Crippen LogP contribution in [-0.4, -0.2) is 49.2 Å². The summed E-state index contributed by atoms with van der Waals surface area (Å²) >= 11 is 0. The van der Waals surface area contributed by atoms with Gasteiger partial charge in [-0.3, -0.25) is 10.1 Å². The van der Waals surface area contributed by atoms with Crippen LogP contribution in [0.25, 0.3) is 21.8 Å². The lowest BCUT2D eigenvalue weighted by Gasteiger charge is -2.23. The summed E-state index contributed by atoms with van der Waals surface area (Å²) < 4.78 is 51.3. The Labute approximate surface area is 183 Å². The summed E-state index contributed by atoms with van der Waals surface area (Å²) in [4.78, 5) is 4.49. The van der Waals surface area contributed by atoms with Crippen LogP contribution in [0.4, 0.5) is 15.9 Å². The van der Waals surface area contributed by atoms with Crippen molar-refractivity contribution in [2.75, 3.05) is 25.6 Å². The summed E-state index contributed by atoms with van der Waals surface area (Å²) in [6.07, 6.45) is 2.48. The molecule has 5 rings (SSSR count). The van der Waals surface area contributed by atoms with Crippen LogP contribution in [0, 0.1) is 5.82 Å². The summed E-state index contributed by atoms with van der Waals surface area (Å²) in [5.41, 5.74) is 1.83. The van der Waals surface area contributed by atoms with Gasteiger partial charge in [0.2, 0.25) is 0 Å². The largest absolute Gasteiger partial charge is 0.495 e. The van der Waals surface area contributed by atoms with Crippen molar-refractivity contribution in [1.82, 2.24) is 15.2 Å². The van der Waals surface area contributed by atoms with Gasteiger partial charge in [-0.05, 0) is 43.2 Å². The Balaban J connectivity index is 1.63. The number of aromatic amines is 1. The molecular formula is C22H21FN4O4S. The predicted octanol–water partition coefficient (Wildman–Crippen LogP) is 3.96. The number of rotatable bonds is 5. The fourth-order valence-corrected chi connectivity index (χ4v) is 5.90. The molecule has 0 aliphatic carbocycles. The van der Waals surface area contributed by atoms with Gasteiger partial charge in [0.15, 0.2) is 15.7 Å². The van der Waals surface area contributed by atoms with Gasteiger partial charge < -0.3 is 14.8 Å². The Morgan fingerprint density at radius 3 is 2.75 bits per heavy atom. The molecule has 1 aliphatic rings. The third-order valence-electron chi connectivity index (χ3n) is 5.72. The molecule has 0 amide bonds. The van der Waals surface area contributed by atoms with Crippen LogP contribution in [0.3, 0.4) is 0 Å². The van der Waals surface area contributed by atoms with Crippen LogP contribution in [0.1, 0.15) is 12.8 Å². The Morgan fingerprint density at radius 1 is 1.16 bits per heavy atom. The molecule has 0 unspecified atom stereocenters. The standard InChI is InChI=1S/C22H21FN4O4S/c1-30-20-12-19-15(11-21(20)32(28,29)14-5-8-31-9-6-14)17(4-7-24-19)25-22-16-10-13(23)2-3-18(16)26-27-22/h2-4,7,10-12,14H,5-6,8-9H2,1H3,(H2,24,25,26,27). The van der Waals surface area contributed by atoms with E-state index in [-0.39, 0.29) is 16.5 Å².